The van der Waals surface area contributed by atoms with Gasteiger partial charge in [-0.25, -0.2) is 0 Å². The van der Waals surface area contributed by atoms with Gasteiger partial charge in [0.2, 0.25) is 5.91 Å². The normalized spacial score (nSPS) is 16.3. The topological polar surface area (TPSA) is 75.5 Å². The first kappa shape index (κ1) is 15.9. The van der Waals surface area contributed by atoms with E-state index in [0.717, 1.165) is 18.5 Å². The highest BCUT2D eigenvalue weighted by Crippen LogP contribution is 2.25. The van der Waals surface area contributed by atoms with Crippen molar-refractivity contribution in [2.45, 2.75) is 32.4 Å². The molecule has 1 atom stereocenters. The first-order valence-corrected chi connectivity index (χ1v) is 7.70. The molecule has 0 saturated carbocycles. The predicted octanol–water partition coefficient (Wildman–Crippen LogP) is 2.46. The van der Waals surface area contributed by atoms with Gasteiger partial charge in [-0.15, -0.1) is 0 Å². The van der Waals surface area contributed by atoms with Crippen LogP contribution >= 0.6 is 15.9 Å². The number of nitro groups is 1. The van der Waals surface area contributed by atoms with Crippen molar-refractivity contribution in [2.24, 2.45) is 0 Å². The lowest BCUT2D eigenvalue weighted by Crippen LogP contribution is -2.39. The fourth-order valence-electron chi connectivity index (χ4n) is 2.39. The van der Waals surface area contributed by atoms with Gasteiger partial charge in [0.05, 0.1) is 9.40 Å². The maximum Gasteiger partial charge on any atom is 0.283 e. The zero-order valence-electron chi connectivity index (χ0n) is 11.8. The van der Waals surface area contributed by atoms with E-state index in [2.05, 4.69) is 21.2 Å². The SMILES string of the molecule is CC(CN1CCCC1=O)NCc1ccc(Br)c([N+](=O)[O-])c1. The number of rotatable bonds is 6. The molecular formula is C14H18BrN3O3. The van der Waals surface area contributed by atoms with Crippen LogP contribution in [0.5, 0.6) is 0 Å². The molecule has 2 rings (SSSR count). The van der Waals surface area contributed by atoms with Crippen LogP contribution in [0.3, 0.4) is 0 Å². The molecule has 0 aromatic heterocycles. The van der Waals surface area contributed by atoms with Gasteiger partial charge in [-0.1, -0.05) is 6.07 Å². The number of halogens is 1. The summed E-state index contributed by atoms with van der Waals surface area (Å²) in [5, 5.41) is 14.2. The minimum absolute atomic E-state index is 0.0664. The summed E-state index contributed by atoms with van der Waals surface area (Å²) in [6.07, 6.45) is 1.58. The van der Waals surface area contributed by atoms with E-state index in [0.29, 0.717) is 24.0 Å². The Bertz CT molecular complexity index is 550. The second-order valence-corrected chi connectivity index (χ2v) is 6.12. The zero-order chi connectivity index (χ0) is 15.4. The Labute approximate surface area is 131 Å². The third-order valence-electron chi connectivity index (χ3n) is 3.53. The molecule has 1 heterocycles. The summed E-state index contributed by atoms with van der Waals surface area (Å²) >= 11 is 3.17. The predicted molar refractivity (Wildman–Crippen MR) is 82.9 cm³/mol. The highest BCUT2D eigenvalue weighted by atomic mass is 79.9. The molecule has 1 unspecified atom stereocenters. The summed E-state index contributed by atoms with van der Waals surface area (Å²) in [7, 11) is 0. The highest BCUT2D eigenvalue weighted by Gasteiger charge is 2.21. The van der Waals surface area contributed by atoms with E-state index in [1.807, 2.05) is 17.9 Å². The molecule has 1 aromatic rings. The highest BCUT2D eigenvalue weighted by molar-refractivity contribution is 9.10. The van der Waals surface area contributed by atoms with Crippen molar-refractivity contribution in [1.29, 1.82) is 0 Å². The summed E-state index contributed by atoms with van der Waals surface area (Å²) in [5.41, 5.74) is 0.918. The number of hydrogen-bond donors (Lipinski definition) is 1. The molecule has 1 aliphatic heterocycles. The zero-order valence-corrected chi connectivity index (χ0v) is 13.4. The maximum atomic E-state index is 11.6. The van der Waals surface area contributed by atoms with Crippen LogP contribution in [0, 0.1) is 10.1 Å². The second kappa shape index (κ2) is 7.00. The Morgan fingerprint density at radius 2 is 2.29 bits per heavy atom. The van der Waals surface area contributed by atoms with Crippen LogP contribution in [-0.2, 0) is 11.3 Å². The quantitative estimate of drug-likeness (QED) is 0.628. The van der Waals surface area contributed by atoms with Gasteiger partial charge in [-0.2, -0.15) is 0 Å². The maximum absolute atomic E-state index is 11.6. The van der Waals surface area contributed by atoms with Crippen molar-refractivity contribution < 1.29 is 9.72 Å². The fourth-order valence-corrected chi connectivity index (χ4v) is 2.78. The number of nitrogens with zero attached hydrogens (tertiary/aromatic N) is 2. The van der Waals surface area contributed by atoms with Crippen LogP contribution in [-0.4, -0.2) is 34.9 Å². The number of nitrogens with one attached hydrogen (secondary N) is 1. The smallest absolute Gasteiger partial charge is 0.283 e. The van der Waals surface area contributed by atoms with Crippen molar-refractivity contribution in [3.8, 4) is 0 Å². The Balaban J connectivity index is 1.89. The van der Waals surface area contributed by atoms with E-state index in [-0.39, 0.29) is 17.6 Å². The number of carbonyl (C=O) groups excluding carboxylic acids is 1. The number of likely N-dealkylation sites (tertiary alicyclic amines) is 1. The van der Waals surface area contributed by atoms with E-state index in [9.17, 15) is 14.9 Å². The van der Waals surface area contributed by atoms with E-state index in [4.69, 9.17) is 0 Å². The first-order chi connectivity index (χ1) is 9.97. The van der Waals surface area contributed by atoms with Crippen molar-refractivity contribution in [3.05, 3.63) is 38.3 Å². The van der Waals surface area contributed by atoms with Crippen molar-refractivity contribution in [2.75, 3.05) is 13.1 Å². The Kier molecular flexibility index (Phi) is 5.30. The second-order valence-electron chi connectivity index (χ2n) is 5.27. The summed E-state index contributed by atoms with van der Waals surface area (Å²) in [5.74, 6) is 0.211. The van der Waals surface area contributed by atoms with Crippen LogP contribution in [0.25, 0.3) is 0 Å². The van der Waals surface area contributed by atoms with Crippen molar-refractivity contribution >= 4 is 27.5 Å². The van der Waals surface area contributed by atoms with Gasteiger partial charge in [0.1, 0.15) is 0 Å². The van der Waals surface area contributed by atoms with Crippen LogP contribution in [0.4, 0.5) is 5.69 Å². The minimum Gasteiger partial charge on any atom is -0.341 e. The van der Waals surface area contributed by atoms with E-state index >= 15 is 0 Å². The number of hydrogen-bond acceptors (Lipinski definition) is 4. The van der Waals surface area contributed by atoms with E-state index < -0.39 is 4.92 Å². The summed E-state index contributed by atoms with van der Waals surface area (Å²) in [6.45, 7) is 4.06. The largest absolute Gasteiger partial charge is 0.341 e. The molecule has 1 aromatic carbocycles. The molecule has 0 bridgehead atoms. The third kappa shape index (κ3) is 4.25. The van der Waals surface area contributed by atoms with E-state index in [1.54, 1.807) is 12.1 Å². The molecule has 1 aliphatic rings. The molecule has 6 nitrogen and oxygen atoms in total. The lowest BCUT2D eigenvalue weighted by Gasteiger charge is -2.21. The van der Waals surface area contributed by atoms with E-state index in [1.165, 1.54) is 0 Å². The molecule has 21 heavy (non-hydrogen) atoms. The standard InChI is InChI=1S/C14H18BrN3O3/c1-10(9-17-6-2-3-14(17)19)16-8-11-4-5-12(15)13(7-11)18(20)21/h4-5,7,10,16H,2-3,6,8-9H2,1H3. The average Bonchev–Trinajstić information content (AvgIpc) is 2.83. The average molecular weight is 356 g/mol. The molecule has 1 N–H and O–H groups in total. The first-order valence-electron chi connectivity index (χ1n) is 6.91. The number of amides is 1. The van der Waals surface area contributed by atoms with Gasteiger partial charge in [0, 0.05) is 38.2 Å². The molecule has 0 spiro atoms. The van der Waals surface area contributed by atoms with Gasteiger partial charge >= 0.3 is 0 Å². The summed E-state index contributed by atoms with van der Waals surface area (Å²) < 4.78 is 0.479. The van der Waals surface area contributed by atoms with Gasteiger partial charge in [0.25, 0.3) is 5.69 Å². The molecule has 1 saturated heterocycles. The van der Waals surface area contributed by atoms with Crippen LogP contribution < -0.4 is 5.32 Å². The molecule has 0 radical (unpaired) electrons. The molecule has 7 heteroatoms. The fraction of sp³-hybridized carbons (Fsp3) is 0.500. The third-order valence-corrected chi connectivity index (χ3v) is 4.20. The van der Waals surface area contributed by atoms with Crippen molar-refractivity contribution in [1.82, 2.24) is 10.2 Å². The van der Waals surface area contributed by atoms with Gasteiger partial charge in [0.15, 0.2) is 0 Å². The minimum atomic E-state index is -0.403. The van der Waals surface area contributed by atoms with Crippen LogP contribution in [0.15, 0.2) is 22.7 Å². The Morgan fingerprint density at radius 1 is 1.52 bits per heavy atom. The van der Waals surface area contributed by atoms with Crippen LogP contribution in [0.2, 0.25) is 0 Å². The monoisotopic (exact) mass is 355 g/mol. The van der Waals surface area contributed by atoms with Crippen LogP contribution in [0.1, 0.15) is 25.3 Å². The molecule has 0 aliphatic carbocycles. The van der Waals surface area contributed by atoms with Gasteiger partial charge in [-0.05, 0) is 40.9 Å². The van der Waals surface area contributed by atoms with Gasteiger partial charge < -0.3 is 10.2 Å². The summed E-state index contributed by atoms with van der Waals surface area (Å²) in [4.78, 5) is 23.9. The van der Waals surface area contributed by atoms with Gasteiger partial charge in [-0.3, -0.25) is 14.9 Å². The Morgan fingerprint density at radius 3 is 2.90 bits per heavy atom. The number of carbonyl (C=O) groups is 1. The van der Waals surface area contributed by atoms with Crippen molar-refractivity contribution in [3.63, 3.8) is 0 Å². The lowest BCUT2D eigenvalue weighted by molar-refractivity contribution is -0.385. The molecular weight excluding hydrogens is 338 g/mol. The summed E-state index contributed by atoms with van der Waals surface area (Å²) in [6, 6.07) is 5.24. The number of benzene rings is 1. The molecule has 1 fully saturated rings. The number of nitro benzene ring substituents is 1. The Hall–Kier alpha value is -1.47. The molecule has 1 amide bonds. The molecule has 114 valence electrons. The lowest BCUT2D eigenvalue weighted by atomic mass is 10.2.